The maximum Gasteiger partial charge on any atom is 0.260 e. The Balaban J connectivity index is 2.44. The predicted octanol–water partition coefficient (Wildman–Crippen LogP) is 1.26. The van der Waals surface area contributed by atoms with Gasteiger partial charge in [0.15, 0.2) is 6.61 Å². The molecule has 0 aliphatic heterocycles. The average molecular weight is 236 g/mol. The van der Waals surface area contributed by atoms with E-state index in [-0.39, 0.29) is 12.5 Å². The van der Waals surface area contributed by atoms with Crippen molar-refractivity contribution in [3.05, 3.63) is 29.8 Å². The quantitative estimate of drug-likeness (QED) is 0.808. The van der Waals surface area contributed by atoms with Gasteiger partial charge in [0, 0.05) is 20.1 Å². The first-order valence-corrected chi connectivity index (χ1v) is 5.77. The molecule has 0 unspecified atom stereocenters. The normalized spacial score (nSPS) is 10.1. The summed E-state index contributed by atoms with van der Waals surface area (Å²) in [4.78, 5) is 13.1. The molecule has 0 aliphatic rings. The molecule has 1 aromatic rings. The number of carbonyl (C=O) groups is 1. The molecular weight excluding hydrogens is 216 g/mol. The van der Waals surface area contributed by atoms with Crippen molar-refractivity contribution in [2.45, 2.75) is 13.5 Å². The summed E-state index contributed by atoms with van der Waals surface area (Å²) >= 11 is 0. The van der Waals surface area contributed by atoms with Crippen molar-refractivity contribution in [3.63, 3.8) is 0 Å². The number of nitrogens with one attached hydrogen (secondary N) is 1. The van der Waals surface area contributed by atoms with Crippen LogP contribution in [0.5, 0.6) is 5.75 Å². The average Bonchev–Trinajstić information content (AvgIpc) is 2.37. The summed E-state index contributed by atoms with van der Waals surface area (Å²) in [5.41, 5.74) is 1.19. The molecule has 0 heterocycles. The number of likely N-dealkylation sites (N-methyl/N-ethyl adjacent to an activating group) is 1. The smallest absolute Gasteiger partial charge is 0.260 e. The van der Waals surface area contributed by atoms with Gasteiger partial charge in [-0.05, 0) is 31.7 Å². The van der Waals surface area contributed by atoms with Crippen molar-refractivity contribution in [1.29, 1.82) is 0 Å². The van der Waals surface area contributed by atoms with Crippen LogP contribution < -0.4 is 10.1 Å². The van der Waals surface area contributed by atoms with Gasteiger partial charge in [0.2, 0.25) is 0 Å². The van der Waals surface area contributed by atoms with Gasteiger partial charge in [-0.15, -0.1) is 0 Å². The highest BCUT2D eigenvalue weighted by atomic mass is 16.5. The molecule has 4 heteroatoms. The molecule has 1 rings (SSSR count). The van der Waals surface area contributed by atoms with Crippen molar-refractivity contribution in [2.75, 3.05) is 27.2 Å². The third-order valence-electron chi connectivity index (χ3n) is 2.57. The molecule has 1 amide bonds. The molecule has 0 radical (unpaired) electrons. The Morgan fingerprint density at radius 1 is 1.35 bits per heavy atom. The van der Waals surface area contributed by atoms with Crippen LogP contribution in [0.25, 0.3) is 0 Å². The van der Waals surface area contributed by atoms with E-state index in [0.29, 0.717) is 6.54 Å². The summed E-state index contributed by atoms with van der Waals surface area (Å²) in [6.07, 6.45) is 0. The number of hydrogen-bond donors (Lipinski definition) is 1. The van der Waals surface area contributed by atoms with Crippen molar-refractivity contribution >= 4 is 5.91 Å². The number of rotatable bonds is 6. The fourth-order valence-corrected chi connectivity index (χ4v) is 1.34. The van der Waals surface area contributed by atoms with Gasteiger partial charge in [-0.1, -0.05) is 12.1 Å². The van der Waals surface area contributed by atoms with Crippen LogP contribution in [0.2, 0.25) is 0 Å². The van der Waals surface area contributed by atoms with Gasteiger partial charge < -0.3 is 15.0 Å². The molecule has 0 saturated heterocycles. The van der Waals surface area contributed by atoms with Crippen LogP contribution in [-0.4, -0.2) is 38.1 Å². The lowest BCUT2D eigenvalue weighted by molar-refractivity contribution is -0.131. The minimum atomic E-state index is -0.00759. The second-order valence-electron chi connectivity index (χ2n) is 3.87. The van der Waals surface area contributed by atoms with Gasteiger partial charge in [-0.2, -0.15) is 0 Å². The minimum Gasteiger partial charge on any atom is -0.484 e. The first kappa shape index (κ1) is 13.5. The third kappa shape index (κ3) is 4.44. The zero-order valence-electron chi connectivity index (χ0n) is 10.7. The highest BCUT2D eigenvalue weighted by Gasteiger charge is 2.06. The fraction of sp³-hybridized carbons (Fsp3) is 0.462. The first-order valence-electron chi connectivity index (χ1n) is 5.77. The van der Waals surface area contributed by atoms with Gasteiger partial charge in [0.05, 0.1) is 0 Å². The van der Waals surface area contributed by atoms with E-state index in [1.807, 2.05) is 38.2 Å². The van der Waals surface area contributed by atoms with Gasteiger partial charge in [-0.25, -0.2) is 0 Å². The topological polar surface area (TPSA) is 41.6 Å². The third-order valence-corrected chi connectivity index (χ3v) is 2.57. The number of hydrogen-bond acceptors (Lipinski definition) is 3. The molecule has 1 N–H and O–H groups in total. The van der Waals surface area contributed by atoms with Crippen LogP contribution in [0.4, 0.5) is 0 Å². The van der Waals surface area contributed by atoms with Crippen LogP contribution in [0.15, 0.2) is 24.3 Å². The van der Waals surface area contributed by atoms with Crippen LogP contribution in [0.3, 0.4) is 0 Å². The van der Waals surface area contributed by atoms with Crippen molar-refractivity contribution < 1.29 is 9.53 Å². The highest BCUT2D eigenvalue weighted by Crippen LogP contribution is 2.12. The van der Waals surface area contributed by atoms with E-state index in [9.17, 15) is 4.79 Å². The SMILES string of the molecule is CCN(C)C(=O)COc1ccc(CNC)cc1. The molecule has 94 valence electrons. The number of carbonyl (C=O) groups excluding carboxylic acids is 1. The Bertz CT molecular complexity index is 349. The molecule has 0 fully saturated rings. The van der Waals surface area contributed by atoms with Crippen molar-refractivity contribution in [2.24, 2.45) is 0 Å². The van der Waals surface area contributed by atoms with Crippen molar-refractivity contribution in [1.82, 2.24) is 10.2 Å². The Hall–Kier alpha value is -1.55. The summed E-state index contributed by atoms with van der Waals surface area (Å²) in [5, 5.41) is 3.07. The molecule has 1 aromatic carbocycles. The van der Waals surface area contributed by atoms with Gasteiger partial charge >= 0.3 is 0 Å². The number of benzene rings is 1. The zero-order valence-corrected chi connectivity index (χ0v) is 10.7. The highest BCUT2D eigenvalue weighted by molar-refractivity contribution is 5.77. The largest absolute Gasteiger partial charge is 0.484 e. The van der Waals surface area contributed by atoms with Gasteiger partial charge in [0.25, 0.3) is 5.91 Å². The van der Waals surface area contributed by atoms with Crippen molar-refractivity contribution in [3.8, 4) is 5.75 Å². The molecular formula is C13H20N2O2. The Kier molecular flexibility index (Phi) is 5.49. The standard InChI is InChI=1S/C13H20N2O2/c1-4-15(3)13(16)10-17-12-7-5-11(6-8-12)9-14-2/h5-8,14H,4,9-10H2,1-3H3. The van der Waals surface area contributed by atoms with Gasteiger partial charge in [0.1, 0.15) is 5.75 Å². The van der Waals surface area contributed by atoms with E-state index < -0.39 is 0 Å². The molecule has 0 aliphatic carbocycles. The summed E-state index contributed by atoms with van der Waals surface area (Å²) in [6, 6.07) is 7.73. The predicted molar refractivity (Wildman–Crippen MR) is 68.0 cm³/mol. The summed E-state index contributed by atoms with van der Waals surface area (Å²) in [7, 11) is 3.67. The maximum absolute atomic E-state index is 11.5. The second-order valence-corrected chi connectivity index (χ2v) is 3.87. The summed E-state index contributed by atoms with van der Waals surface area (Å²) < 4.78 is 5.41. The van der Waals surface area contributed by atoms with E-state index in [0.717, 1.165) is 12.3 Å². The molecule has 0 bridgehead atoms. The minimum absolute atomic E-state index is 0.00759. The lowest BCUT2D eigenvalue weighted by Crippen LogP contribution is -2.31. The lowest BCUT2D eigenvalue weighted by atomic mass is 10.2. The monoisotopic (exact) mass is 236 g/mol. The zero-order chi connectivity index (χ0) is 12.7. The molecule has 17 heavy (non-hydrogen) atoms. The molecule has 0 spiro atoms. The number of nitrogens with zero attached hydrogens (tertiary/aromatic N) is 1. The fourth-order valence-electron chi connectivity index (χ4n) is 1.34. The molecule has 0 aromatic heterocycles. The number of ether oxygens (including phenoxy) is 1. The van der Waals surface area contributed by atoms with E-state index >= 15 is 0 Å². The first-order chi connectivity index (χ1) is 8.17. The van der Waals surface area contributed by atoms with Crippen LogP contribution in [0.1, 0.15) is 12.5 Å². The molecule has 4 nitrogen and oxygen atoms in total. The Morgan fingerprint density at radius 2 is 2.00 bits per heavy atom. The second kappa shape index (κ2) is 6.91. The Labute approximate surface area is 103 Å². The molecule has 0 saturated carbocycles. The molecule has 0 atom stereocenters. The Morgan fingerprint density at radius 3 is 2.53 bits per heavy atom. The van der Waals surface area contributed by atoms with Gasteiger partial charge in [-0.3, -0.25) is 4.79 Å². The maximum atomic E-state index is 11.5. The lowest BCUT2D eigenvalue weighted by Gasteiger charge is -2.14. The summed E-state index contributed by atoms with van der Waals surface area (Å²) in [6.45, 7) is 3.56. The van der Waals surface area contributed by atoms with E-state index in [2.05, 4.69) is 5.32 Å². The van der Waals surface area contributed by atoms with E-state index in [1.54, 1.807) is 11.9 Å². The number of amides is 1. The van der Waals surface area contributed by atoms with Crippen LogP contribution >= 0.6 is 0 Å². The van der Waals surface area contributed by atoms with E-state index in [4.69, 9.17) is 4.74 Å². The van der Waals surface area contributed by atoms with Crippen LogP contribution in [-0.2, 0) is 11.3 Å². The van der Waals surface area contributed by atoms with Crippen LogP contribution in [0, 0.1) is 0 Å². The van der Waals surface area contributed by atoms with E-state index in [1.165, 1.54) is 5.56 Å². The summed E-state index contributed by atoms with van der Waals surface area (Å²) in [5.74, 6) is 0.717.